The predicted molar refractivity (Wildman–Crippen MR) is 64.7 cm³/mol. The minimum atomic E-state index is -4.49. The van der Waals surface area contributed by atoms with E-state index >= 15 is 0 Å². The molecule has 0 aliphatic carbocycles. The Hall–Kier alpha value is -1.76. The highest BCUT2D eigenvalue weighted by atomic mass is 19.4. The highest BCUT2D eigenvalue weighted by Gasteiger charge is 2.32. The minimum Gasteiger partial charge on any atom is -0.496 e. The number of ether oxygens (including phenoxy) is 2. The topological polar surface area (TPSA) is 38.8 Å². The predicted octanol–water partition coefficient (Wildman–Crippen LogP) is 2.19. The van der Waals surface area contributed by atoms with Crippen LogP contribution in [-0.2, 0) is 10.9 Å². The molecule has 1 amide bonds. The fourth-order valence-corrected chi connectivity index (χ4v) is 1.99. The quantitative estimate of drug-likeness (QED) is 0.837. The Labute approximate surface area is 114 Å². The second-order valence-corrected chi connectivity index (χ2v) is 4.32. The lowest BCUT2D eigenvalue weighted by Gasteiger charge is -2.27. The number of hydrogen-bond donors (Lipinski definition) is 0. The molecule has 1 aliphatic rings. The maximum atomic E-state index is 12.7. The third-order valence-electron chi connectivity index (χ3n) is 3.06. The van der Waals surface area contributed by atoms with E-state index in [0.29, 0.717) is 26.3 Å². The molecule has 110 valence electrons. The Morgan fingerprint density at radius 3 is 2.50 bits per heavy atom. The van der Waals surface area contributed by atoms with Crippen LogP contribution in [0.1, 0.15) is 15.9 Å². The van der Waals surface area contributed by atoms with Gasteiger partial charge in [-0.25, -0.2) is 0 Å². The number of nitrogens with zero attached hydrogens (tertiary/aromatic N) is 1. The van der Waals surface area contributed by atoms with Crippen molar-refractivity contribution in [2.45, 2.75) is 6.18 Å². The van der Waals surface area contributed by atoms with Gasteiger partial charge in [0.2, 0.25) is 0 Å². The number of amides is 1. The van der Waals surface area contributed by atoms with Crippen molar-refractivity contribution in [2.24, 2.45) is 0 Å². The van der Waals surface area contributed by atoms with Gasteiger partial charge in [0.15, 0.2) is 0 Å². The molecule has 1 fully saturated rings. The molecule has 1 saturated heterocycles. The highest BCUT2D eigenvalue weighted by Crippen LogP contribution is 2.33. The average Bonchev–Trinajstić information content (AvgIpc) is 2.45. The van der Waals surface area contributed by atoms with Crippen LogP contribution in [0.3, 0.4) is 0 Å². The van der Waals surface area contributed by atoms with Gasteiger partial charge in [-0.2, -0.15) is 13.2 Å². The van der Waals surface area contributed by atoms with Crippen molar-refractivity contribution in [2.75, 3.05) is 33.4 Å². The Morgan fingerprint density at radius 2 is 1.95 bits per heavy atom. The van der Waals surface area contributed by atoms with Gasteiger partial charge in [0.1, 0.15) is 5.75 Å². The Bertz CT molecular complexity index is 496. The highest BCUT2D eigenvalue weighted by molar-refractivity contribution is 5.97. The fraction of sp³-hybridized carbons (Fsp3) is 0.462. The van der Waals surface area contributed by atoms with Gasteiger partial charge < -0.3 is 14.4 Å². The first kappa shape index (κ1) is 14.6. The minimum absolute atomic E-state index is 0.0794. The SMILES string of the molecule is COc1ccc(C(F)(F)F)cc1C(=O)N1CCOCC1. The van der Waals surface area contributed by atoms with Gasteiger partial charge in [-0.3, -0.25) is 4.79 Å². The third-order valence-corrected chi connectivity index (χ3v) is 3.06. The number of alkyl halides is 3. The van der Waals surface area contributed by atoms with Gasteiger partial charge in [0.05, 0.1) is 31.5 Å². The van der Waals surface area contributed by atoms with E-state index in [1.165, 1.54) is 12.0 Å². The van der Waals surface area contributed by atoms with Crippen LogP contribution in [0.2, 0.25) is 0 Å². The molecule has 1 aromatic rings. The van der Waals surface area contributed by atoms with E-state index in [9.17, 15) is 18.0 Å². The van der Waals surface area contributed by atoms with E-state index in [2.05, 4.69) is 0 Å². The number of rotatable bonds is 2. The van der Waals surface area contributed by atoms with E-state index in [0.717, 1.165) is 18.2 Å². The van der Waals surface area contributed by atoms with Crippen LogP contribution >= 0.6 is 0 Å². The van der Waals surface area contributed by atoms with Gasteiger partial charge in [0, 0.05) is 13.1 Å². The van der Waals surface area contributed by atoms with Crippen molar-refractivity contribution in [1.82, 2.24) is 4.90 Å². The number of methoxy groups -OCH3 is 1. The van der Waals surface area contributed by atoms with Crippen molar-refractivity contribution in [3.63, 3.8) is 0 Å². The molecule has 0 radical (unpaired) electrons. The summed E-state index contributed by atoms with van der Waals surface area (Å²) in [5.41, 5.74) is -0.945. The summed E-state index contributed by atoms with van der Waals surface area (Å²) in [4.78, 5) is 13.7. The molecule has 20 heavy (non-hydrogen) atoms. The largest absolute Gasteiger partial charge is 0.496 e. The molecule has 0 atom stereocenters. The lowest BCUT2D eigenvalue weighted by molar-refractivity contribution is -0.137. The number of benzene rings is 1. The first-order valence-corrected chi connectivity index (χ1v) is 6.05. The van der Waals surface area contributed by atoms with Crippen molar-refractivity contribution in [1.29, 1.82) is 0 Å². The third kappa shape index (κ3) is 3.04. The molecule has 4 nitrogen and oxygen atoms in total. The number of carbonyl (C=O) groups excluding carboxylic acids is 1. The van der Waals surface area contributed by atoms with Crippen LogP contribution in [0.5, 0.6) is 5.75 Å². The molecule has 1 aromatic carbocycles. The zero-order valence-electron chi connectivity index (χ0n) is 10.9. The molecule has 1 aliphatic heterocycles. The van der Waals surface area contributed by atoms with Crippen LogP contribution in [-0.4, -0.2) is 44.2 Å². The zero-order valence-corrected chi connectivity index (χ0v) is 10.9. The lowest BCUT2D eigenvalue weighted by Crippen LogP contribution is -2.40. The molecule has 7 heteroatoms. The van der Waals surface area contributed by atoms with Crippen molar-refractivity contribution in [3.8, 4) is 5.75 Å². The summed E-state index contributed by atoms with van der Waals surface area (Å²) in [5, 5.41) is 0. The van der Waals surface area contributed by atoms with Crippen molar-refractivity contribution < 1.29 is 27.4 Å². The fourth-order valence-electron chi connectivity index (χ4n) is 1.99. The second kappa shape index (κ2) is 5.70. The molecule has 0 N–H and O–H groups in total. The van der Waals surface area contributed by atoms with Crippen molar-refractivity contribution in [3.05, 3.63) is 29.3 Å². The van der Waals surface area contributed by atoms with E-state index in [-0.39, 0.29) is 11.3 Å². The van der Waals surface area contributed by atoms with Crippen LogP contribution < -0.4 is 4.74 Å². The molecule has 0 aromatic heterocycles. The molecule has 0 unspecified atom stereocenters. The summed E-state index contributed by atoms with van der Waals surface area (Å²) in [6.45, 7) is 1.48. The first-order valence-electron chi connectivity index (χ1n) is 6.05. The summed E-state index contributed by atoms with van der Waals surface area (Å²) in [6, 6.07) is 2.89. The summed E-state index contributed by atoms with van der Waals surface area (Å²) in [6.07, 6.45) is -4.49. The van der Waals surface area contributed by atoms with Gasteiger partial charge >= 0.3 is 6.18 Å². The first-order chi connectivity index (χ1) is 9.43. The summed E-state index contributed by atoms with van der Waals surface area (Å²) in [5.74, 6) is -0.342. The summed E-state index contributed by atoms with van der Waals surface area (Å²) >= 11 is 0. The Balaban J connectivity index is 2.34. The standard InChI is InChI=1S/C13H14F3NO3/c1-19-11-3-2-9(13(14,15)16)8-10(11)12(18)17-4-6-20-7-5-17/h2-3,8H,4-7H2,1H3. The smallest absolute Gasteiger partial charge is 0.416 e. The zero-order chi connectivity index (χ0) is 14.8. The van der Waals surface area contributed by atoms with Gasteiger partial charge in [-0.15, -0.1) is 0 Å². The monoisotopic (exact) mass is 289 g/mol. The number of hydrogen-bond acceptors (Lipinski definition) is 3. The van der Waals surface area contributed by atoms with Crippen LogP contribution in [0, 0.1) is 0 Å². The van der Waals surface area contributed by atoms with E-state index in [1.54, 1.807) is 0 Å². The Kier molecular flexibility index (Phi) is 4.17. The molecule has 0 saturated carbocycles. The van der Waals surface area contributed by atoms with Gasteiger partial charge in [-0.05, 0) is 18.2 Å². The number of morpholine rings is 1. The maximum absolute atomic E-state index is 12.7. The number of carbonyl (C=O) groups is 1. The van der Waals surface area contributed by atoms with Crippen LogP contribution in [0.15, 0.2) is 18.2 Å². The van der Waals surface area contributed by atoms with Crippen LogP contribution in [0.25, 0.3) is 0 Å². The molecule has 0 bridgehead atoms. The number of halogens is 3. The van der Waals surface area contributed by atoms with Gasteiger partial charge in [-0.1, -0.05) is 0 Å². The van der Waals surface area contributed by atoms with Crippen molar-refractivity contribution >= 4 is 5.91 Å². The molecule has 0 spiro atoms. The average molecular weight is 289 g/mol. The maximum Gasteiger partial charge on any atom is 0.416 e. The molecule has 1 heterocycles. The van der Waals surface area contributed by atoms with E-state index < -0.39 is 17.6 Å². The lowest BCUT2D eigenvalue weighted by atomic mass is 10.1. The molecular weight excluding hydrogens is 275 g/mol. The second-order valence-electron chi connectivity index (χ2n) is 4.32. The summed E-state index contributed by atoms with van der Waals surface area (Å²) < 4.78 is 48.3. The Morgan fingerprint density at radius 1 is 1.30 bits per heavy atom. The normalized spacial score (nSPS) is 16.1. The van der Waals surface area contributed by atoms with E-state index in [4.69, 9.17) is 9.47 Å². The summed E-state index contributed by atoms with van der Waals surface area (Å²) in [7, 11) is 1.32. The van der Waals surface area contributed by atoms with E-state index in [1.807, 2.05) is 0 Å². The molecular formula is C13H14F3NO3. The molecule has 2 rings (SSSR count). The van der Waals surface area contributed by atoms with Gasteiger partial charge in [0.25, 0.3) is 5.91 Å². The van der Waals surface area contributed by atoms with Crippen LogP contribution in [0.4, 0.5) is 13.2 Å².